The van der Waals surface area contributed by atoms with Gasteiger partial charge in [0.25, 0.3) is 0 Å². The standard InChI is InChI=1S/C29H43NO/c1-6-30(20-22-11-8-7-9-12-22)27(31)29(5)18-10-17-28(4)25-15-13-23(21(2)3)19-24(25)14-16-26(28)29/h7-9,11-12,14,21,23,25-26H,6,10,13,15-20H2,1-5H3/t23?,25-,26+,28+,29+/m0/s1. The minimum atomic E-state index is -0.241. The van der Waals surface area contributed by atoms with Crippen molar-refractivity contribution in [1.29, 1.82) is 0 Å². The van der Waals surface area contributed by atoms with Crippen LogP contribution in [0, 0.1) is 34.5 Å². The van der Waals surface area contributed by atoms with Gasteiger partial charge in [0.15, 0.2) is 0 Å². The molecule has 0 radical (unpaired) electrons. The van der Waals surface area contributed by atoms with Crippen LogP contribution in [0.15, 0.2) is 42.0 Å². The maximum Gasteiger partial charge on any atom is 0.229 e. The second kappa shape index (κ2) is 8.75. The van der Waals surface area contributed by atoms with Crippen molar-refractivity contribution < 1.29 is 4.79 Å². The Morgan fingerprint density at radius 3 is 2.55 bits per heavy atom. The van der Waals surface area contributed by atoms with Gasteiger partial charge in [0, 0.05) is 13.1 Å². The van der Waals surface area contributed by atoms with Crippen molar-refractivity contribution in [2.24, 2.45) is 34.5 Å². The topological polar surface area (TPSA) is 20.3 Å². The number of amides is 1. The number of carbonyl (C=O) groups is 1. The van der Waals surface area contributed by atoms with E-state index in [9.17, 15) is 4.79 Å². The quantitative estimate of drug-likeness (QED) is 0.458. The van der Waals surface area contributed by atoms with Gasteiger partial charge < -0.3 is 4.90 Å². The Morgan fingerprint density at radius 1 is 1.13 bits per heavy atom. The maximum atomic E-state index is 14.1. The van der Waals surface area contributed by atoms with Crippen LogP contribution in [0.3, 0.4) is 0 Å². The molecule has 3 aliphatic rings. The highest BCUT2D eigenvalue weighted by molar-refractivity contribution is 5.83. The Labute approximate surface area is 190 Å². The lowest BCUT2D eigenvalue weighted by Gasteiger charge is -2.59. The summed E-state index contributed by atoms with van der Waals surface area (Å²) in [5.74, 6) is 3.18. The van der Waals surface area contributed by atoms with E-state index in [1.165, 1.54) is 37.7 Å². The fourth-order valence-electron chi connectivity index (χ4n) is 7.54. The molecule has 1 amide bonds. The monoisotopic (exact) mass is 421 g/mol. The molecule has 3 aliphatic carbocycles. The van der Waals surface area contributed by atoms with Gasteiger partial charge in [0.2, 0.25) is 5.91 Å². The molecular weight excluding hydrogens is 378 g/mol. The highest BCUT2D eigenvalue weighted by atomic mass is 16.2. The van der Waals surface area contributed by atoms with Crippen molar-refractivity contribution >= 4 is 5.91 Å². The van der Waals surface area contributed by atoms with E-state index in [2.05, 4.69) is 75.9 Å². The first-order chi connectivity index (χ1) is 14.8. The largest absolute Gasteiger partial charge is 0.338 e. The zero-order chi connectivity index (χ0) is 22.2. The first-order valence-corrected chi connectivity index (χ1v) is 12.8. The van der Waals surface area contributed by atoms with Crippen LogP contribution in [0.2, 0.25) is 0 Å². The van der Waals surface area contributed by atoms with Gasteiger partial charge in [-0.05, 0) is 80.1 Å². The maximum absolute atomic E-state index is 14.1. The molecule has 2 fully saturated rings. The van der Waals surface area contributed by atoms with E-state index in [-0.39, 0.29) is 10.8 Å². The average Bonchev–Trinajstić information content (AvgIpc) is 2.77. The zero-order valence-electron chi connectivity index (χ0n) is 20.5. The predicted octanol–water partition coefficient (Wildman–Crippen LogP) is 7.25. The smallest absolute Gasteiger partial charge is 0.229 e. The second-order valence-corrected chi connectivity index (χ2v) is 11.5. The Hall–Kier alpha value is -1.57. The Morgan fingerprint density at radius 2 is 1.87 bits per heavy atom. The number of hydrogen-bond acceptors (Lipinski definition) is 1. The van der Waals surface area contributed by atoms with Crippen LogP contribution in [0.25, 0.3) is 0 Å². The van der Waals surface area contributed by atoms with E-state index in [4.69, 9.17) is 0 Å². The molecule has 4 rings (SSSR count). The normalized spacial score (nSPS) is 35.2. The average molecular weight is 422 g/mol. The van der Waals surface area contributed by atoms with Crippen molar-refractivity contribution in [1.82, 2.24) is 4.90 Å². The van der Waals surface area contributed by atoms with Gasteiger partial charge in [-0.25, -0.2) is 0 Å². The van der Waals surface area contributed by atoms with Crippen molar-refractivity contribution in [2.45, 2.75) is 86.1 Å². The number of carbonyl (C=O) groups excluding carboxylic acids is 1. The molecule has 0 spiro atoms. The number of allylic oxidation sites excluding steroid dienone is 2. The molecule has 1 aromatic rings. The third-order valence-corrected chi connectivity index (χ3v) is 9.48. The summed E-state index contributed by atoms with van der Waals surface area (Å²) in [5, 5.41) is 0. The molecule has 31 heavy (non-hydrogen) atoms. The molecule has 0 aromatic heterocycles. The van der Waals surface area contributed by atoms with E-state index >= 15 is 0 Å². The lowest BCUT2D eigenvalue weighted by molar-refractivity contribution is -0.156. The second-order valence-electron chi connectivity index (χ2n) is 11.5. The SMILES string of the molecule is CCN(Cc1ccccc1)C(=O)[C@]1(C)CCC[C@@]2(C)[C@H]1CC=C1CC(C(C)C)CC[C@@H]12. The number of nitrogens with zero attached hydrogens (tertiary/aromatic N) is 1. The summed E-state index contributed by atoms with van der Waals surface area (Å²) in [6.45, 7) is 13.3. The third kappa shape index (κ3) is 4.00. The lowest BCUT2D eigenvalue weighted by atomic mass is 9.46. The molecule has 0 bridgehead atoms. The number of hydrogen-bond donors (Lipinski definition) is 0. The van der Waals surface area contributed by atoms with Gasteiger partial charge in [0.1, 0.15) is 0 Å². The summed E-state index contributed by atoms with van der Waals surface area (Å²) in [6, 6.07) is 10.5. The minimum absolute atomic E-state index is 0.241. The van der Waals surface area contributed by atoms with E-state index in [0.717, 1.165) is 37.8 Å². The summed E-state index contributed by atoms with van der Waals surface area (Å²) in [4.78, 5) is 16.2. The van der Waals surface area contributed by atoms with Gasteiger partial charge in [-0.3, -0.25) is 4.79 Å². The van der Waals surface area contributed by atoms with Gasteiger partial charge in [0.05, 0.1) is 5.41 Å². The first kappa shape index (κ1) is 22.6. The minimum Gasteiger partial charge on any atom is -0.338 e. The number of fused-ring (bicyclic) bond motifs is 3. The zero-order valence-corrected chi connectivity index (χ0v) is 20.5. The highest BCUT2D eigenvalue weighted by Crippen LogP contribution is 2.63. The molecule has 0 heterocycles. The van der Waals surface area contributed by atoms with Gasteiger partial charge in [-0.1, -0.05) is 76.1 Å². The molecule has 0 aliphatic heterocycles. The number of rotatable bonds is 5. The Balaban J connectivity index is 1.60. The van der Waals surface area contributed by atoms with E-state index in [1.54, 1.807) is 5.57 Å². The fraction of sp³-hybridized carbons (Fsp3) is 0.690. The van der Waals surface area contributed by atoms with Crippen LogP contribution in [-0.2, 0) is 11.3 Å². The van der Waals surface area contributed by atoms with Crippen LogP contribution in [-0.4, -0.2) is 17.4 Å². The van der Waals surface area contributed by atoms with Crippen molar-refractivity contribution in [3.05, 3.63) is 47.5 Å². The molecule has 0 saturated heterocycles. The molecule has 2 saturated carbocycles. The number of benzene rings is 1. The lowest BCUT2D eigenvalue weighted by Crippen LogP contribution is -2.56. The molecule has 1 unspecified atom stereocenters. The molecule has 5 atom stereocenters. The van der Waals surface area contributed by atoms with Crippen LogP contribution in [0.4, 0.5) is 0 Å². The fourth-order valence-corrected chi connectivity index (χ4v) is 7.54. The van der Waals surface area contributed by atoms with Crippen molar-refractivity contribution in [3.63, 3.8) is 0 Å². The summed E-state index contributed by atoms with van der Waals surface area (Å²) in [7, 11) is 0. The molecule has 2 heteroatoms. The molecule has 2 nitrogen and oxygen atoms in total. The highest BCUT2D eigenvalue weighted by Gasteiger charge is 2.58. The van der Waals surface area contributed by atoms with Crippen LogP contribution in [0.1, 0.15) is 85.1 Å². The first-order valence-electron chi connectivity index (χ1n) is 12.8. The molecule has 0 N–H and O–H groups in total. The van der Waals surface area contributed by atoms with E-state index in [1.807, 2.05) is 0 Å². The molecule has 170 valence electrons. The molecular formula is C29H43NO. The predicted molar refractivity (Wildman–Crippen MR) is 129 cm³/mol. The summed E-state index contributed by atoms with van der Waals surface area (Å²) in [5.41, 5.74) is 3.00. The van der Waals surface area contributed by atoms with Crippen molar-refractivity contribution in [3.8, 4) is 0 Å². The van der Waals surface area contributed by atoms with Crippen LogP contribution in [0.5, 0.6) is 0 Å². The van der Waals surface area contributed by atoms with Crippen LogP contribution >= 0.6 is 0 Å². The van der Waals surface area contributed by atoms with Crippen LogP contribution < -0.4 is 0 Å². The summed E-state index contributed by atoms with van der Waals surface area (Å²) >= 11 is 0. The van der Waals surface area contributed by atoms with Crippen molar-refractivity contribution in [2.75, 3.05) is 6.54 Å². The molecule has 1 aromatic carbocycles. The Kier molecular flexibility index (Phi) is 6.39. The summed E-state index contributed by atoms with van der Waals surface area (Å²) < 4.78 is 0. The van der Waals surface area contributed by atoms with E-state index < -0.39 is 0 Å². The van der Waals surface area contributed by atoms with Gasteiger partial charge in [-0.15, -0.1) is 0 Å². The van der Waals surface area contributed by atoms with E-state index in [0.29, 0.717) is 17.7 Å². The Bertz CT molecular complexity index is 811. The van der Waals surface area contributed by atoms with Gasteiger partial charge >= 0.3 is 0 Å². The summed E-state index contributed by atoms with van der Waals surface area (Å²) in [6.07, 6.45) is 11.2. The van der Waals surface area contributed by atoms with Gasteiger partial charge in [-0.2, -0.15) is 0 Å². The third-order valence-electron chi connectivity index (χ3n) is 9.48.